The highest BCUT2D eigenvalue weighted by molar-refractivity contribution is 7.91. The number of rotatable bonds is 4. The van der Waals surface area contributed by atoms with Gasteiger partial charge in [-0.25, -0.2) is 8.42 Å². The largest absolute Gasteiger partial charge is 0.573 e. The molecule has 4 nitrogen and oxygen atoms in total. The van der Waals surface area contributed by atoms with Crippen molar-refractivity contribution in [3.8, 4) is 5.75 Å². The molecule has 0 spiro atoms. The number of hydrogen-bond acceptors (Lipinski definition) is 4. The van der Waals surface area contributed by atoms with Gasteiger partial charge in [-0.1, -0.05) is 18.2 Å². The number of hydrogen-bond donors (Lipinski definition) is 1. The third kappa shape index (κ3) is 4.60. The standard InChI is InChI=1S/C13H16F3NO3S/c14-13(15,16)20-12-4-2-1-3-10(12)11(17)7-9-5-6-21(18,19)8-9/h1-4,9,11H,5-8,17H2. The molecule has 21 heavy (non-hydrogen) atoms. The van der Waals surface area contributed by atoms with E-state index in [1.165, 1.54) is 18.2 Å². The molecule has 1 saturated heterocycles. The van der Waals surface area contributed by atoms with E-state index in [2.05, 4.69) is 4.74 Å². The van der Waals surface area contributed by atoms with Crippen LogP contribution in [0.2, 0.25) is 0 Å². The predicted octanol–water partition coefficient (Wildman–Crippen LogP) is 2.41. The number of ether oxygens (including phenoxy) is 1. The Morgan fingerprint density at radius 3 is 2.57 bits per heavy atom. The molecule has 0 aromatic heterocycles. The molecule has 1 aliphatic rings. The van der Waals surface area contributed by atoms with Crippen molar-refractivity contribution in [2.45, 2.75) is 25.2 Å². The molecular weight excluding hydrogens is 307 g/mol. The lowest BCUT2D eigenvalue weighted by atomic mass is 9.94. The average Bonchev–Trinajstić information content (AvgIpc) is 2.67. The molecule has 2 unspecified atom stereocenters. The summed E-state index contributed by atoms with van der Waals surface area (Å²) in [5, 5.41) is 0. The van der Waals surface area contributed by atoms with Gasteiger partial charge in [0.15, 0.2) is 9.84 Å². The number of nitrogens with two attached hydrogens (primary N) is 1. The lowest BCUT2D eigenvalue weighted by molar-refractivity contribution is -0.275. The highest BCUT2D eigenvalue weighted by atomic mass is 32.2. The Morgan fingerprint density at radius 2 is 2.00 bits per heavy atom. The fraction of sp³-hybridized carbons (Fsp3) is 0.538. The number of benzene rings is 1. The summed E-state index contributed by atoms with van der Waals surface area (Å²) in [5.41, 5.74) is 6.18. The molecule has 1 heterocycles. The van der Waals surface area contributed by atoms with Crippen LogP contribution in [0.25, 0.3) is 0 Å². The Balaban J connectivity index is 2.11. The summed E-state index contributed by atoms with van der Waals surface area (Å²) >= 11 is 0. The molecule has 1 fully saturated rings. The quantitative estimate of drug-likeness (QED) is 0.924. The summed E-state index contributed by atoms with van der Waals surface area (Å²) in [7, 11) is -3.03. The van der Waals surface area contributed by atoms with Gasteiger partial charge in [-0.3, -0.25) is 0 Å². The van der Waals surface area contributed by atoms with Gasteiger partial charge in [0, 0.05) is 11.6 Å². The maximum absolute atomic E-state index is 12.3. The fourth-order valence-electron chi connectivity index (χ4n) is 2.55. The van der Waals surface area contributed by atoms with Crippen molar-refractivity contribution < 1.29 is 26.3 Å². The van der Waals surface area contributed by atoms with Crippen molar-refractivity contribution in [2.24, 2.45) is 11.7 Å². The van der Waals surface area contributed by atoms with Crippen LogP contribution in [0.3, 0.4) is 0 Å². The molecular formula is C13H16F3NO3S. The molecule has 0 amide bonds. The monoisotopic (exact) mass is 323 g/mol. The zero-order chi connectivity index (χ0) is 15.7. The van der Waals surface area contributed by atoms with Gasteiger partial charge in [0.2, 0.25) is 0 Å². The average molecular weight is 323 g/mol. The minimum atomic E-state index is -4.79. The molecule has 2 atom stereocenters. The first-order valence-corrected chi connectivity index (χ1v) is 8.29. The smallest absolute Gasteiger partial charge is 0.405 e. The first kappa shape index (κ1) is 16.1. The van der Waals surface area contributed by atoms with Gasteiger partial charge in [0.05, 0.1) is 11.5 Å². The van der Waals surface area contributed by atoms with Crippen LogP contribution in [-0.2, 0) is 9.84 Å². The zero-order valence-corrected chi connectivity index (χ0v) is 12.0. The van der Waals surface area contributed by atoms with Gasteiger partial charge >= 0.3 is 6.36 Å². The van der Waals surface area contributed by atoms with Crippen LogP contribution in [0.15, 0.2) is 24.3 Å². The predicted molar refractivity (Wildman–Crippen MR) is 71.4 cm³/mol. The van der Waals surface area contributed by atoms with Gasteiger partial charge in [0.25, 0.3) is 0 Å². The van der Waals surface area contributed by atoms with Crippen LogP contribution in [0.4, 0.5) is 13.2 Å². The van der Waals surface area contributed by atoms with E-state index in [4.69, 9.17) is 5.73 Å². The van der Waals surface area contributed by atoms with E-state index in [1.807, 2.05) is 0 Å². The van der Waals surface area contributed by atoms with E-state index >= 15 is 0 Å². The van der Waals surface area contributed by atoms with Gasteiger partial charge in [-0.05, 0) is 24.8 Å². The Labute approximate surface area is 121 Å². The summed E-state index contributed by atoms with van der Waals surface area (Å²) in [6.07, 6.45) is -3.97. The summed E-state index contributed by atoms with van der Waals surface area (Å²) in [4.78, 5) is 0. The molecule has 0 saturated carbocycles. The van der Waals surface area contributed by atoms with Crippen LogP contribution in [0.1, 0.15) is 24.4 Å². The second kappa shape index (κ2) is 5.84. The number of alkyl halides is 3. The van der Waals surface area contributed by atoms with Gasteiger partial charge in [0.1, 0.15) is 5.75 Å². The van der Waals surface area contributed by atoms with Gasteiger partial charge in [-0.2, -0.15) is 0 Å². The minimum Gasteiger partial charge on any atom is -0.405 e. The van der Waals surface area contributed by atoms with E-state index in [0.29, 0.717) is 12.8 Å². The zero-order valence-electron chi connectivity index (χ0n) is 11.1. The van der Waals surface area contributed by atoms with E-state index < -0.39 is 22.2 Å². The van der Waals surface area contributed by atoms with Crippen molar-refractivity contribution in [2.75, 3.05) is 11.5 Å². The molecule has 2 rings (SSSR count). The Bertz CT molecular complexity index is 601. The first-order valence-electron chi connectivity index (χ1n) is 6.47. The second-order valence-corrected chi connectivity index (χ2v) is 7.43. The third-order valence-corrected chi connectivity index (χ3v) is 5.30. The van der Waals surface area contributed by atoms with Crippen LogP contribution in [-0.4, -0.2) is 26.3 Å². The number of sulfone groups is 1. The minimum absolute atomic E-state index is 0.0446. The van der Waals surface area contributed by atoms with Crippen molar-refractivity contribution in [1.29, 1.82) is 0 Å². The summed E-state index contributed by atoms with van der Waals surface area (Å²) < 4.78 is 63.8. The second-order valence-electron chi connectivity index (χ2n) is 5.20. The normalized spacial score (nSPS) is 23.0. The molecule has 1 aromatic rings. The molecule has 0 radical (unpaired) electrons. The third-order valence-electron chi connectivity index (χ3n) is 3.46. The Hall–Kier alpha value is -1.28. The summed E-state index contributed by atoms with van der Waals surface area (Å²) in [6.45, 7) is 0. The SMILES string of the molecule is NC(CC1CCS(=O)(=O)C1)c1ccccc1OC(F)(F)F. The van der Waals surface area contributed by atoms with Crippen molar-refractivity contribution in [3.63, 3.8) is 0 Å². The molecule has 8 heteroatoms. The van der Waals surface area contributed by atoms with Crippen molar-refractivity contribution in [3.05, 3.63) is 29.8 Å². The van der Waals surface area contributed by atoms with Gasteiger partial charge < -0.3 is 10.5 Å². The molecule has 0 aliphatic carbocycles. The van der Waals surface area contributed by atoms with E-state index in [1.54, 1.807) is 6.07 Å². The topological polar surface area (TPSA) is 69.4 Å². The molecule has 1 aromatic carbocycles. The maximum atomic E-state index is 12.3. The number of halogens is 3. The summed E-state index contributed by atoms with van der Waals surface area (Å²) in [5.74, 6) is -0.295. The summed E-state index contributed by atoms with van der Waals surface area (Å²) in [6, 6.07) is 4.98. The molecule has 1 aliphatic heterocycles. The van der Waals surface area contributed by atoms with E-state index in [-0.39, 0.29) is 28.7 Å². The fourth-order valence-corrected chi connectivity index (χ4v) is 4.43. The lowest BCUT2D eigenvalue weighted by Gasteiger charge is -2.19. The Morgan fingerprint density at radius 1 is 1.33 bits per heavy atom. The maximum Gasteiger partial charge on any atom is 0.573 e. The van der Waals surface area contributed by atoms with Crippen molar-refractivity contribution >= 4 is 9.84 Å². The van der Waals surface area contributed by atoms with Crippen LogP contribution >= 0.6 is 0 Å². The van der Waals surface area contributed by atoms with E-state index in [9.17, 15) is 21.6 Å². The highest BCUT2D eigenvalue weighted by Gasteiger charge is 2.34. The molecule has 118 valence electrons. The molecule has 2 N–H and O–H groups in total. The molecule has 0 bridgehead atoms. The van der Waals surface area contributed by atoms with Crippen molar-refractivity contribution in [1.82, 2.24) is 0 Å². The highest BCUT2D eigenvalue weighted by Crippen LogP contribution is 2.34. The van der Waals surface area contributed by atoms with Crippen LogP contribution < -0.4 is 10.5 Å². The first-order chi connectivity index (χ1) is 9.66. The van der Waals surface area contributed by atoms with E-state index in [0.717, 1.165) is 0 Å². The lowest BCUT2D eigenvalue weighted by Crippen LogP contribution is -2.21. The number of para-hydroxylation sites is 1. The van der Waals surface area contributed by atoms with Gasteiger partial charge in [-0.15, -0.1) is 13.2 Å². The Kier molecular flexibility index (Phi) is 4.48. The van der Waals surface area contributed by atoms with Crippen LogP contribution in [0.5, 0.6) is 5.75 Å². The van der Waals surface area contributed by atoms with Crippen LogP contribution in [0, 0.1) is 5.92 Å².